The Labute approximate surface area is 267 Å². The van der Waals surface area contributed by atoms with Gasteiger partial charge in [-0.3, -0.25) is 0 Å². The molecule has 0 unspecified atom stereocenters. The first kappa shape index (κ1) is 29.9. The van der Waals surface area contributed by atoms with Crippen LogP contribution in [0, 0.1) is 6.92 Å². The second-order valence-corrected chi connectivity index (χ2v) is 11.2. The fourth-order valence-corrected chi connectivity index (χ4v) is 5.08. The van der Waals surface area contributed by atoms with Gasteiger partial charge in [0.2, 0.25) is 11.8 Å². The number of nitrogens with zero attached hydrogens (tertiary/aromatic N) is 5. The Balaban J connectivity index is 1.12. The van der Waals surface area contributed by atoms with E-state index in [4.69, 9.17) is 21.3 Å². The van der Waals surface area contributed by atoms with Gasteiger partial charge in [0.05, 0.1) is 11.3 Å². The van der Waals surface area contributed by atoms with Gasteiger partial charge in [0, 0.05) is 66.3 Å². The number of aromatic nitrogens is 3. The number of carbonyl (C=O) groups is 1. The maximum atomic E-state index is 12.5. The van der Waals surface area contributed by atoms with Crippen molar-refractivity contribution in [2.24, 2.45) is 0 Å². The monoisotopic (exact) mass is 620 g/mol. The summed E-state index contributed by atoms with van der Waals surface area (Å²) in [5.74, 6) is 1.48. The second kappa shape index (κ2) is 13.6. The number of ether oxygens (including phenoxy) is 1. The van der Waals surface area contributed by atoms with Crippen LogP contribution in [0.1, 0.15) is 5.56 Å². The number of nitrogens with one attached hydrogen (secondary N) is 3. The number of anilines is 5. The average molecular weight is 621 g/mol. The molecule has 0 spiro atoms. The van der Waals surface area contributed by atoms with E-state index in [0.717, 1.165) is 43.0 Å². The SMILES string of the molecule is Cc1cc(NC(=O)Nc2ccc(Cl)cc2)ccc1Oc1ncccc1-c1ccnc(Nc2ccc(N3CCN(C)CC3)cc2)n1. The molecule has 0 aliphatic carbocycles. The molecule has 1 fully saturated rings. The largest absolute Gasteiger partial charge is 0.438 e. The zero-order chi connectivity index (χ0) is 31.2. The van der Waals surface area contributed by atoms with Crippen LogP contribution in [0.5, 0.6) is 11.6 Å². The van der Waals surface area contributed by atoms with Crippen molar-refractivity contribution in [2.45, 2.75) is 6.92 Å². The Morgan fingerprint density at radius 2 is 1.53 bits per heavy atom. The summed E-state index contributed by atoms with van der Waals surface area (Å²) in [6.45, 7) is 6.07. The summed E-state index contributed by atoms with van der Waals surface area (Å²) in [6, 6.07) is 25.9. The van der Waals surface area contributed by atoms with Crippen molar-refractivity contribution in [3.63, 3.8) is 0 Å². The van der Waals surface area contributed by atoms with Crippen molar-refractivity contribution in [1.82, 2.24) is 19.9 Å². The minimum atomic E-state index is -0.364. The Hall–Kier alpha value is -5.19. The number of urea groups is 1. The van der Waals surface area contributed by atoms with E-state index in [0.29, 0.717) is 39.7 Å². The van der Waals surface area contributed by atoms with E-state index < -0.39 is 0 Å². The average Bonchev–Trinajstić information content (AvgIpc) is 3.05. The molecule has 45 heavy (non-hydrogen) atoms. The lowest BCUT2D eigenvalue weighted by Gasteiger charge is -2.34. The number of amides is 2. The predicted molar refractivity (Wildman–Crippen MR) is 180 cm³/mol. The molecule has 0 radical (unpaired) electrons. The quantitative estimate of drug-likeness (QED) is 0.164. The van der Waals surface area contributed by atoms with Crippen LogP contribution in [0.4, 0.5) is 33.5 Å². The normalized spacial score (nSPS) is 13.3. The molecule has 0 saturated carbocycles. The molecule has 3 N–H and O–H groups in total. The molecule has 3 heterocycles. The van der Waals surface area contributed by atoms with Crippen molar-refractivity contribution in [2.75, 3.05) is 54.1 Å². The van der Waals surface area contributed by atoms with E-state index in [1.54, 1.807) is 48.8 Å². The number of halogens is 1. The number of hydrogen-bond donors (Lipinski definition) is 3. The summed E-state index contributed by atoms with van der Waals surface area (Å²) < 4.78 is 6.26. The van der Waals surface area contributed by atoms with E-state index in [-0.39, 0.29) is 6.03 Å². The summed E-state index contributed by atoms with van der Waals surface area (Å²) in [6.07, 6.45) is 3.38. The van der Waals surface area contributed by atoms with Gasteiger partial charge in [0.25, 0.3) is 0 Å². The molecular formula is C34H33ClN8O2. The summed E-state index contributed by atoms with van der Waals surface area (Å²) in [7, 11) is 2.16. The van der Waals surface area contributed by atoms with Crippen molar-refractivity contribution in [3.05, 3.63) is 108 Å². The molecule has 3 aromatic carbocycles. The van der Waals surface area contributed by atoms with E-state index >= 15 is 0 Å². The van der Waals surface area contributed by atoms with Gasteiger partial charge in [-0.05, 0) is 104 Å². The van der Waals surface area contributed by atoms with Crippen LogP contribution >= 0.6 is 11.6 Å². The minimum Gasteiger partial charge on any atom is -0.438 e. The third-order valence-corrected chi connectivity index (χ3v) is 7.69. The van der Waals surface area contributed by atoms with Crippen LogP contribution in [-0.2, 0) is 0 Å². The van der Waals surface area contributed by atoms with Crippen LogP contribution in [0.3, 0.4) is 0 Å². The Kier molecular flexibility index (Phi) is 9.04. The van der Waals surface area contributed by atoms with Gasteiger partial charge in [-0.25, -0.2) is 19.7 Å². The summed E-state index contributed by atoms with van der Waals surface area (Å²) in [4.78, 5) is 30.9. The number of likely N-dealkylation sites (N-methyl/N-ethyl adjacent to an activating group) is 1. The molecule has 1 aliphatic heterocycles. The zero-order valence-corrected chi connectivity index (χ0v) is 25.8. The number of hydrogen-bond acceptors (Lipinski definition) is 8. The molecule has 10 nitrogen and oxygen atoms in total. The molecule has 228 valence electrons. The predicted octanol–water partition coefficient (Wildman–Crippen LogP) is 7.43. The topological polar surface area (TPSA) is 108 Å². The van der Waals surface area contributed by atoms with E-state index in [1.165, 1.54) is 5.69 Å². The Morgan fingerprint density at radius 3 is 2.29 bits per heavy atom. The van der Waals surface area contributed by atoms with Crippen molar-refractivity contribution < 1.29 is 9.53 Å². The Bertz CT molecular complexity index is 1770. The van der Waals surface area contributed by atoms with Gasteiger partial charge in [-0.2, -0.15) is 0 Å². The molecular weight excluding hydrogens is 588 g/mol. The van der Waals surface area contributed by atoms with E-state index in [1.807, 2.05) is 43.3 Å². The number of piperazine rings is 1. The lowest BCUT2D eigenvalue weighted by molar-refractivity contribution is 0.262. The number of aryl methyl sites for hydroxylation is 1. The van der Waals surface area contributed by atoms with Gasteiger partial charge in [0.1, 0.15) is 5.75 Å². The number of benzene rings is 3. The maximum Gasteiger partial charge on any atom is 0.323 e. The second-order valence-electron chi connectivity index (χ2n) is 10.8. The lowest BCUT2D eigenvalue weighted by Crippen LogP contribution is -2.44. The molecule has 6 rings (SSSR count). The third-order valence-electron chi connectivity index (χ3n) is 7.44. The highest BCUT2D eigenvalue weighted by atomic mass is 35.5. The molecule has 11 heteroatoms. The molecule has 2 amide bonds. The lowest BCUT2D eigenvalue weighted by atomic mass is 10.2. The molecule has 2 aromatic heterocycles. The van der Waals surface area contributed by atoms with E-state index in [2.05, 4.69) is 54.9 Å². The highest BCUT2D eigenvalue weighted by molar-refractivity contribution is 6.30. The highest BCUT2D eigenvalue weighted by Gasteiger charge is 2.15. The number of rotatable bonds is 8. The smallest absolute Gasteiger partial charge is 0.323 e. The summed E-state index contributed by atoms with van der Waals surface area (Å²) >= 11 is 5.92. The first-order valence-electron chi connectivity index (χ1n) is 14.6. The maximum absolute atomic E-state index is 12.5. The van der Waals surface area contributed by atoms with Gasteiger partial charge in [-0.1, -0.05) is 11.6 Å². The third kappa shape index (κ3) is 7.67. The van der Waals surface area contributed by atoms with E-state index in [9.17, 15) is 4.79 Å². The van der Waals surface area contributed by atoms with Crippen molar-refractivity contribution in [3.8, 4) is 22.9 Å². The van der Waals surface area contributed by atoms with Crippen LogP contribution in [0.15, 0.2) is 97.3 Å². The number of carbonyl (C=O) groups excluding carboxylic acids is 1. The molecule has 1 aliphatic rings. The van der Waals surface area contributed by atoms with Crippen molar-refractivity contribution >= 4 is 46.3 Å². The van der Waals surface area contributed by atoms with Gasteiger partial charge in [0.15, 0.2) is 0 Å². The molecule has 0 atom stereocenters. The highest BCUT2D eigenvalue weighted by Crippen LogP contribution is 2.33. The van der Waals surface area contributed by atoms with Gasteiger partial charge >= 0.3 is 6.03 Å². The first-order chi connectivity index (χ1) is 21.9. The zero-order valence-electron chi connectivity index (χ0n) is 25.0. The minimum absolute atomic E-state index is 0.364. The van der Waals surface area contributed by atoms with Crippen LogP contribution in [0.25, 0.3) is 11.3 Å². The molecule has 1 saturated heterocycles. The molecule has 0 bridgehead atoms. The van der Waals surface area contributed by atoms with Crippen LogP contribution in [0.2, 0.25) is 5.02 Å². The van der Waals surface area contributed by atoms with Gasteiger partial charge < -0.3 is 30.5 Å². The fraction of sp³-hybridized carbons (Fsp3) is 0.176. The van der Waals surface area contributed by atoms with Gasteiger partial charge in [-0.15, -0.1) is 0 Å². The van der Waals surface area contributed by atoms with Crippen molar-refractivity contribution in [1.29, 1.82) is 0 Å². The van der Waals surface area contributed by atoms with Crippen LogP contribution < -0.4 is 25.6 Å². The summed E-state index contributed by atoms with van der Waals surface area (Å²) in [5, 5.41) is 9.54. The number of pyridine rings is 1. The molecule has 5 aromatic rings. The fourth-order valence-electron chi connectivity index (χ4n) is 4.96. The van der Waals surface area contributed by atoms with Crippen LogP contribution in [-0.4, -0.2) is 59.1 Å². The summed E-state index contributed by atoms with van der Waals surface area (Å²) in [5.41, 5.74) is 5.58. The standard InChI is InChI=1S/C34H33ClN8O2/c1-23-22-27(40-34(44)39-26-7-5-24(35)6-8-26)11-14-31(23)45-32-29(4-3-16-36-32)30-15-17-37-33(41-30)38-25-9-12-28(13-10-25)43-20-18-42(2)19-21-43/h3-17,22H,18-21H2,1-2H3,(H,37,38,41)(H2,39,40,44). The first-order valence-corrected chi connectivity index (χ1v) is 15.0. The Morgan fingerprint density at radius 1 is 0.822 bits per heavy atom.